The molecule has 64 valence electrons. The van der Waals surface area contributed by atoms with Crippen LogP contribution in [0.5, 0.6) is 0 Å². The van der Waals surface area contributed by atoms with Crippen LogP contribution in [0.25, 0.3) is 0 Å². The van der Waals surface area contributed by atoms with Gasteiger partial charge in [-0.25, -0.2) is 0 Å². The fourth-order valence-electron chi connectivity index (χ4n) is 1.89. The van der Waals surface area contributed by atoms with E-state index in [4.69, 9.17) is 0 Å². The second kappa shape index (κ2) is 2.54. The van der Waals surface area contributed by atoms with Gasteiger partial charge in [-0.05, 0) is 26.2 Å². The standard InChI is InChI=1S/C10H19N/c1-7(2)9-6-10(4,5)11-8(9)3/h7,9,11H,3,6H2,1-2,4-5H3. The van der Waals surface area contributed by atoms with E-state index in [1.54, 1.807) is 0 Å². The minimum Gasteiger partial charge on any atom is -0.384 e. The van der Waals surface area contributed by atoms with Gasteiger partial charge in [0, 0.05) is 17.2 Å². The van der Waals surface area contributed by atoms with Crippen LogP contribution in [0.1, 0.15) is 34.1 Å². The van der Waals surface area contributed by atoms with Gasteiger partial charge in [0.2, 0.25) is 0 Å². The van der Waals surface area contributed by atoms with Gasteiger partial charge >= 0.3 is 0 Å². The summed E-state index contributed by atoms with van der Waals surface area (Å²) in [4.78, 5) is 0. The topological polar surface area (TPSA) is 12.0 Å². The normalized spacial score (nSPS) is 29.2. The summed E-state index contributed by atoms with van der Waals surface area (Å²) in [5, 5.41) is 3.43. The lowest BCUT2D eigenvalue weighted by molar-refractivity contribution is 0.389. The molecule has 1 aliphatic rings. The molecule has 1 atom stereocenters. The molecule has 0 aromatic carbocycles. The average molecular weight is 153 g/mol. The molecule has 0 amide bonds. The predicted molar refractivity (Wildman–Crippen MR) is 49.3 cm³/mol. The number of hydrogen-bond acceptors (Lipinski definition) is 1. The van der Waals surface area contributed by atoms with Gasteiger partial charge < -0.3 is 5.32 Å². The Morgan fingerprint density at radius 3 is 2.27 bits per heavy atom. The molecule has 0 aromatic rings. The highest BCUT2D eigenvalue weighted by Crippen LogP contribution is 2.34. The molecule has 0 aromatic heterocycles. The first-order chi connectivity index (χ1) is 4.92. The number of allylic oxidation sites excluding steroid dienone is 1. The van der Waals surface area contributed by atoms with E-state index in [0.717, 1.165) is 5.92 Å². The lowest BCUT2D eigenvalue weighted by Crippen LogP contribution is -2.30. The monoisotopic (exact) mass is 153 g/mol. The van der Waals surface area contributed by atoms with Crippen LogP contribution in [0, 0.1) is 11.8 Å². The third kappa shape index (κ3) is 1.76. The van der Waals surface area contributed by atoms with E-state index in [9.17, 15) is 0 Å². The van der Waals surface area contributed by atoms with Crippen LogP contribution in [-0.2, 0) is 0 Å². The minimum atomic E-state index is 0.270. The van der Waals surface area contributed by atoms with E-state index in [2.05, 4.69) is 39.6 Å². The zero-order valence-electron chi connectivity index (χ0n) is 8.07. The summed E-state index contributed by atoms with van der Waals surface area (Å²) in [5.74, 6) is 1.39. The van der Waals surface area contributed by atoms with Crippen LogP contribution < -0.4 is 5.32 Å². The second-order valence-corrected chi connectivity index (χ2v) is 4.59. The van der Waals surface area contributed by atoms with Crippen molar-refractivity contribution in [1.29, 1.82) is 0 Å². The summed E-state index contributed by atoms with van der Waals surface area (Å²) in [7, 11) is 0. The van der Waals surface area contributed by atoms with Gasteiger partial charge in [-0.3, -0.25) is 0 Å². The van der Waals surface area contributed by atoms with E-state index in [0.29, 0.717) is 5.92 Å². The van der Waals surface area contributed by atoms with Crippen molar-refractivity contribution >= 4 is 0 Å². The van der Waals surface area contributed by atoms with Crippen molar-refractivity contribution in [2.75, 3.05) is 0 Å². The second-order valence-electron chi connectivity index (χ2n) is 4.59. The van der Waals surface area contributed by atoms with E-state index < -0.39 is 0 Å². The molecule has 1 saturated heterocycles. The van der Waals surface area contributed by atoms with Gasteiger partial charge in [0.05, 0.1) is 0 Å². The Morgan fingerprint density at radius 2 is 2.09 bits per heavy atom. The highest BCUT2D eigenvalue weighted by molar-refractivity contribution is 5.12. The number of nitrogens with one attached hydrogen (secondary N) is 1. The summed E-state index contributed by atoms with van der Waals surface area (Å²) in [6.45, 7) is 13.0. The SMILES string of the molecule is C=C1NC(C)(C)CC1C(C)C. The Morgan fingerprint density at radius 1 is 1.55 bits per heavy atom. The molecule has 1 heteroatoms. The molecule has 1 N–H and O–H groups in total. The van der Waals surface area contributed by atoms with Gasteiger partial charge in [-0.15, -0.1) is 0 Å². The third-order valence-electron chi connectivity index (χ3n) is 2.48. The molecule has 0 spiro atoms. The van der Waals surface area contributed by atoms with Crippen molar-refractivity contribution in [3.05, 3.63) is 12.3 Å². The Balaban J connectivity index is 2.67. The molecule has 1 nitrogen and oxygen atoms in total. The third-order valence-corrected chi connectivity index (χ3v) is 2.48. The molecule has 1 unspecified atom stereocenters. The Kier molecular flexibility index (Phi) is 2.00. The molecule has 1 rings (SSSR count). The average Bonchev–Trinajstić information content (AvgIpc) is 2.05. The van der Waals surface area contributed by atoms with E-state index >= 15 is 0 Å². The van der Waals surface area contributed by atoms with Crippen LogP contribution in [-0.4, -0.2) is 5.54 Å². The zero-order valence-corrected chi connectivity index (χ0v) is 8.07. The zero-order chi connectivity index (χ0) is 8.65. The van der Waals surface area contributed by atoms with Crippen LogP contribution in [0.4, 0.5) is 0 Å². The van der Waals surface area contributed by atoms with Crippen LogP contribution in [0.15, 0.2) is 12.3 Å². The van der Waals surface area contributed by atoms with Crippen LogP contribution >= 0.6 is 0 Å². The largest absolute Gasteiger partial charge is 0.384 e. The maximum Gasteiger partial charge on any atom is 0.0320 e. The van der Waals surface area contributed by atoms with Crippen molar-refractivity contribution in [2.45, 2.75) is 39.7 Å². The molecule has 0 bridgehead atoms. The summed E-state index contributed by atoms with van der Waals surface area (Å²) >= 11 is 0. The molecule has 11 heavy (non-hydrogen) atoms. The number of rotatable bonds is 1. The molecule has 1 aliphatic heterocycles. The first-order valence-electron chi connectivity index (χ1n) is 4.39. The maximum absolute atomic E-state index is 4.04. The maximum atomic E-state index is 4.04. The van der Waals surface area contributed by atoms with Crippen LogP contribution in [0.2, 0.25) is 0 Å². The Bertz CT molecular complexity index is 168. The summed E-state index contributed by atoms with van der Waals surface area (Å²) in [6, 6.07) is 0. The Hall–Kier alpha value is -0.460. The summed E-state index contributed by atoms with van der Waals surface area (Å²) < 4.78 is 0. The molecule has 1 fully saturated rings. The van der Waals surface area contributed by atoms with E-state index in [1.807, 2.05) is 0 Å². The molecule has 1 heterocycles. The molecule has 0 radical (unpaired) electrons. The van der Waals surface area contributed by atoms with Crippen molar-refractivity contribution in [2.24, 2.45) is 11.8 Å². The smallest absolute Gasteiger partial charge is 0.0320 e. The van der Waals surface area contributed by atoms with Gasteiger partial charge in [-0.1, -0.05) is 20.4 Å². The lowest BCUT2D eigenvalue weighted by Gasteiger charge is -2.17. The van der Waals surface area contributed by atoms with Gasteiger partial charge in [0.25, 0.3) is 0 Å². The first kappa shape index (κ1) is 8.63. The van der Waals surface area contributed by atoms with E-state index in [1.165, 1.54) is 12.1 Å². The molecule has 0 aliphatic carbocycles. The van der Waals surface area contributed by atoms with Crippen molar-refractivity contribution < 1.29 is 0 Å². The molecular formula is C10H19N. The van der Waals surface area contributed by atoms with Crippen molar-refractivity contribution in [3.8, 4) is 0 Å². The number of hydrogen-bond donors (Lipinski definition) is 1. The van der Waals surface area contributed by atoms with Crippen LogP contribution in [0.3, 0.4) is 0 Å². The van der Waals surface area contributed by atoms with Crippen molar-refractivity contribution in [3.63, 3.8) is 0 Å². The van der Waals surface area contributed by atoms with Gasteiger partial charge in [0.1, 0.15) is 0 Å². The fourth-order valence-corrected chi connectivity index (χ4v) is 1.89. The summed E-state index contributed by atoms with van der Waals surface area (Å²) in [5.41, 5.74) is 1.50. The predicted octanol–water partition coefficient (Wildman–Crippen LogP) is 2.54. The summed E-state index contributed by atoms with van der Waals surface area (Å²) in [6.07, 6.45) is 1.23. The Labute approximate surface area is 69.9 Å². The van der Waals surface area contributed by atoms with Gasteiger partial charge in [0.15, 0.2) is 0 Å². The highest BCUT2D eigenvalue weighted by atomic mass is 15.0. The van der Waals surface area contributed by atoms with Gasteiger partial charge in [-0.2, -0.15) is 0 Å². The first-order valence-corrected chi connectivity index (χ1v) is 4.39. The quantitative estimate of drug-likeness (QED) is 0.610. The lowest BCUT2D eigenvalue weighted by atomic mass is 9.88. The fraction of sp³-hybridized carbons (Fsp3) is 0.800. The van der Waals surface area contributed by atoms with E-state index in [-0.39, 0.29) is 5.54 Å². The highest BCUT2D eigenvalue weighted by Gasteiger charge is 2.34. The minimum absolute atomic E-state index is 0.270. The molecular weight excluding hydrogens is 134 g/mol. The molecule has 0 saturated carbocycles. The van der Waals surface area contributed by atoms with Crippen molar-refractivity contribution in [1.82, 2.24) is 5.32 Å².